The van der Waals surface area contributed by atoms with E-state index in [0.29, 0.717) is 38.0 Å². The van der Waals surface area contributed by atoms with E-state index in [1.54, 1.807) is 11.8 Å². The molecule has 1 fully saturated rings. The summed E-state index contributed by atoms with van der Waals surface area (Å²) in [6.07, 6.45) is 0.215. The van der Waals surface area contributed by atoms with Crippen molar-refractivity contribution in [3.8, 4) is 0 Å². The molecule has 0 aliphatic carbocycles. The lowest BCUT2D eigenvalue weighted by Gasteiger charge is -2.31. The minimum Gasteiger partial charge on any atom is -0.452 e. The van der Waals surface area contributed by atoms with Crippen LogP contribution in [0.1, 0.15) is 46.8 Å². The summed E-state index contributed by atoms with van der Waals surface area (Å²) in [4.78, 5) is 39.3. The van der Waals surface area contributed by atoms with E-state index in [-0.39, 0.29) is 23.7 Å². The first-order chi connectivity index (χ1) is 14.8. The summed E-state index contributed by atoms with van der Waals surface area (Å²) in [5.41, 5.74) is 3.79. The van der Waals surface area contributed by atoms with Crippen molar-refractivity contribution in [2.75, 3.05) is 13.1 Å². The van der Waals surface area contributed by atoms with Gasteiger partial charge in [0.15, 0.2) is 6.10 Å². The summed E-state index contributed by atoms with van der Waals surface area (Å²) in [6.45, 7) is 6.90. The van der Waals surface area contributed by atoms with Crippen LogP contribution in [-0.4, -0.2) is 41.9 Å². The summed E-state index contributed by atoms with van der Waals surface area (Å²) < 4.78 is 5.40. The zero-order valence-electron chi connectivity index (χ0n) is 18.4. The molecule has 1 atom stereocenters. The summed E-state index contributed by atoms with van der Waals surface area (Å²) in [7, 11) is 0. The number of benzene rings is 2. The number of nitrogens with one attached hydrogen (secondary N) is 1. The molecule has 2 aromatic rings. The molecule has 6 heteroatoms. The Bertz CT molecular complexity index is 931. The number of aryl methyl sites for hydroxylation is 2. The predicted molar refractivity (Wildman–Crippen MR) is 118 cm³/mol. The molecule has 1 N–H and O–H groups in total. The average Bonchev–Trinajstić information content (AvgIpc) is 2.78. The molecule has 3 rings (SSSR count). The Hall–Kier alpha value is -3.15. The molecule has 0 bridgehead atoms. The number of carbonyl (C=O) groups is 3. The van der Waals surface area contributed by atoms with Gasteiger partial charge in [-0.1, -0.05) is 48.0 Å². The van der Waals surface area contributed by atoms with Crippen LogP contribution in [0.15, 0.2) is 48.5 Å². The first kappa shape index (κ1) is 22.5. The van der Waals surface area contributed by atoms with Crippen LogP contribution in [-0.2, 0) is 20.9 Å². The van der Waals surface area contributed by atoms with Crippen LogP contribution in [0.4, 0.5) is 0 Å². The molecule has 6 nitrogen and oxygen atoms in total. The molecular weight excluding hydrogens is 392 g/mol. The highest BCUT2D eigenvalue weighted by atomic mass is 16.5. The van der Waals surface area contributed by atoms with E-state index < -0.39 is 6.10 Å². The second-order valence-electron chi connectivity index (χ2n) is 8.16. The van der Waals surface area contributed by atoms with Crippen LogP contribution < -0.4 is 5.32 Å². The molecule has 1 aliphatic heterocycles. The number of rotatable bonds is 6. The number of hydrogen-bond acceptors (Lipinski definition) is 4. The predicted octanol–water partition coefficient (Wildman–Crippen LogP) is 3.40. The van der Waals surface area contributed by atoms with Crippen molar-refractivity contribution >= 4 is 17.8 Å². The van der Waals surface area contributed by atoms with Gasteiger partial charge in [0.2, 0.25) is 0 Å². The number of likely N-dealkylation sites (tertiary alicyclic amines) is 1. The highest BCUT2D eigenvalue weighted by Gasteiger charge is 2.31. The van der Waals surface area contributed by atoms with Gasteiger partial charge in [-0.05, 0) is 50.8 Å². The van der Waals surface area contributed by atoms with Crippen LogP contribution in [0.2, 0.25) is 0 Å². The maximum atomic E-state index is 12.7. The maximum absolute atomic E-state index is 12.7. The maximum Gasteiger partial charge on any atom is 0.309 e. The molecule has 31 heavy (non-hydrogen) atoms. The van der Waals surface area contributed by atoms with Crippen molar-refractivity contribution < 1.29 is 19.1 Å². The molecule has 164 valence electrons. The van der Waals surface area contributed by atoms with Crippen LogP contribution in [0.5, 0.6) is 0 Å². The van der Waals surface area contributed by atoms with E-state index in [4.69, 9.17) is 4.74 Å². The fraction of sp³-hybridized carbons (Fsp3) is 0.400. The summed E-state index contributed by atoms with van der Waals surface area (Å²) in [5, 5.41) is 2.80. The number of hydrogen-bond donors (Lipinski definition) is 1. The number of carbonyl (C=O) groups excluding carboxylic acids is 3. The van der Waals surface area contributed by atoms with E-state index in [0.717, 1.165) is 16.7 Å². The fourth-order valence-electron chi connectivity index (χ4n) is 3.66. The lowest BCUT2D eigenvalue weighted by molar-refractivity contribution is -0.160. The summed E-state index contributed by atoms with van der Waals surface area (Å²) in [5.74, 6) is -0.996. The topological polar surface area (TPSA) is 75.7 Å². The third kappa shape index (κ3) is 5.94. The van der Waals surface area contributed by atoms with E-state index in [1.807, 2.05) is 62.4 Å². The molecule has 1 saturated heterocycles. The fourth-order valence-corrected chi connectivity index (χ4v) is 3.66. The van der Waals surface area contributed by atoms with Crippen LogP contribution in [0.3, 0.4) is 0 Å². The Morgan fingerprint density at radius 2 is 1.68 bits per heavy atom. The van der Waals surface area contributed by atoms with Gasteiger partial charge in [0.25, 0.3) is 11.8 Å². The quantitative estimate of drug-likeness (QED) is 0.724. The first-order valence-corrected chi connectivity index (χ1v) is 10.7. The Morgan fingerprint density at radius 3 is 2.32 bits per heavy atom. The van der Waals surface area contributed by atoms with Gasteiger partial charge in [-0.3, -0.25) is 14.4 Å². The van der Waals surface area contributed by atoms with Crippen molar-refractivity contribution in [2.45, 2.75) is 46.3 Å². The van der Waals surface area contributed by atoms with E-state index in [1.165, 1.54) is 0 Å². The Kier molecular flexibility index (Phi) is 7.45. The number of nitrogens with zero attached hydrogens (tertiary/aromatic N) is 1. The Morgan fingerprint density at radius 1 is 1.03 bits per heavy atom. The molecule has 0 spiro atoms. The lowest BCUT2D eigenvalue weighted by atomic mass is 9.96. The second-order valence-corrected chi connectivity index (χ2v) is 8.16. The van der Waals surface area contributed by atoms with Gasteiger partial charge in [0.05, 0.1) is 5.92 Å². The molecule has 2 aromatic carbocycles. The normalized spacial score (nSPS) is 15.3. The number of esters is 1. The van der Waals surface area contributed by atoms with Gasteiger partial charge in [-0.15, -0.1) is 0 Å². The van der Waals surface area contributed by atoms with Gasteiger partial charge >= 0.3 is 5.97 Å². The van der Waals surface area contributed by atoms with Crippen molar-refractivity contribution in [1.82, 2.24) is 10.2 Å². The van der Waals surface area contributed by atoms with Crippen molar-refractivity contribution in [1.29, 1.82) is 0 Å². The third-order valence-electron chi connectivity index (χ3n) is 5.74. The van der Waals surface area contributed by atoms with Crippen molar-refractivity contribution in [3.05, 3.63) is 70.8 Å². The number of amides is 2. The van der Waals surface area contributed by atoms with E-state index >= 15 is 0 Å². The molecule has 0 aromatic heterocycles. The first-order valence-electron chi connectivity index (χ1n) is 10.7. The van der Waals surface area contributed by atoms with Crippen LogP contribution >= 0.6 is 0 Å². The minimum absolute atomic E-state index is 0.00577. The number of piperidine rings is 1. The van der Waals surface area contributed by atoms with Crippen molar-refractivity contribution in [2.24, 2.45) is 5.92 Å². The molecule has 1 aliphatic rings. The Labute approximate surface area is 183 Å². The lowest BCUT2D eigenvalue weighted by Crippen LogP contribution is -2.42. The second kappa shape index (κ2) is 10.2. The van der Waals surface area contributed by atoms with E-state index in [2.05, 4.69) is 5.32 Å². The standard InChI is InChI=1S/C25H30N2O4/c1-17-8-10-20(11-9-17)16-26-23(28)19(3)31-25(30)21-12-14-27(15-13-21)24(29)22-7-5-4-6-18(22)2/h4-11,19,21H,12-16H2,1-3H3,(H,26,28)/t19-/m1/s1. The molecule has 2 amide bonds. The molecule has 0 radical (unpaired) electrons. The smallest absolute Gasteiger partial charge is 0.309 e. The summed E-state index contributed by atoms with van der Waals surface area (Å²) >= 11 is 0. The average molecular weight is 423 g/mol. The monoisotopic (exact) mass is 422 g/mol. The van der Waals surface area contributed by atoms with Crippen molar-refractivity contribution in [3.63, 3.8) is 0 Å². The van der Waals surface area contributed by atoms with E-state index in [9.17, 15) is 14.4 Å². The van der Waals surface area contributed by atoms with Gasteiger partial charge in [0, 0.05) is 25.2 Å². The Balaban J connectivity index is 1.44. The summed E-state index contributed by atoms with van der Waals surface area (Å²) in [6, 6.07) is 15.4. The SMILES string of the molecule is Cc1ccc(CNC(=O)[C@@H](C)OC(=O)C2CCN(C(=O)c3ccccc3C)CC2)cc1. The highest BCUT2D eigenvalue weighted by Crippen LogP contribution is 2.22. The van der Waals surface area contributed by atoms with Crippen LogP contribution in [0, 0.1) is 19.8 Å². The van der Waals surface area contributed by atoms with Gasteiger partial charge in [0.1, 0.15) is 0 Å². The minimum atomic E-state index is -0.857. The zero-order valence-corrected chi connectivity index (χ0v) is 18.4. The van der Waals surface area contributed by atoms with Gasteiger partial charge in [-0.25, -0.2) is 0 Å². The molecule has 1 heterocycles. The van der Waals surface area contributed by atoms with Crippen LogP contribution in [0.25, 0.3) is 0 Å². The molecule has 0 unspecified atom stereocenters. The largest absolute Gasteiger partial charge is 0.452 e. The van der Waals surface area contributed by atoms with Gasteiger partial charge in [-0.2, -0.15) is 0 Å². The number of ether oxygens (including phenoxy) is 1. The third-order valence-corrected chi connectivity index (χ3v) is 5.74. The van der Waals surface area contributed by atoms with Gasteiger partial charge < -0.3 is 15.0 Å². The molecular formula is C25H30N2O4. The zero-order chi connectivity index (χ0) is 22.4. The highest BCUT2D eigenvalue weighted by molar-refractivity contribution is 5.95. The molecule has 0 saturated carbocycles.